The summed E-state index contributed by atoms with van der Waals surface area (Å²) in [5.74, 6) is 0.109. The first kappa shape index (κ1) is 16.5. The van der Waals surface area contributed by atoms with Gasteiger partial charge in [-0.3, -0.25) is 4.79 Å². The fourth-order valence-corrected chi connectivity index (χ4v) is 3.21. The minimum Gasteiger partial charge on any atom is -0.338 e. The van der Waals surface area contributed by atoms with Gasteiger partial charge in [0.1, 0.15) is 11.4 Å². The molecule has 1 heterocycles. The predicted molar refractivity (Wildman–Crippen MR) is 91.9 cm³/mol. The summed E-state index contributed by atoms with van der Waals surface area (Å²) in [6, 6.07) is 7.85. The Morgan fingerprint density at radius 3 is 2.77 bits per heavy atom. The standard InChI is InChI=1S/C17H21N3OS/c1-5-20(10-12(2)3)17(21)13(4)22-16-14-8-6-7-9-15(14)18-11-19-16/h6-9,11,13H,2,5,10H2,1,3-4H3. The molecule has 1 aromatic heterocycles. The Morgan fingerprint density at radius 2 is 2.09 bits per heavy atom. The molecule has 116 valence electrons. The number of para-hydroxylation sites is 1. The van der Waals surface area contributed by atoms with E-state index in [0.717, 1.165) is 21.5 Å². The van der Waals surface area contributed by atoms with E-state index in [4.69, 9.17) is 0 Å². The van der Waals surface area contributed by atoms with Crippen LogP contribution in [0.5, 0.6) is 0 Å². The highest BCUT2D eigenvalue weighted by Crippen LogP contribution is 2.28. The van der Waals surface area contributed by atoms with Crippen molar-refractivity contribution in [2.45, 2.75) is 31.0 Å². The lowest BCUT2D eigenvalue weighted by atomic mass is 10.2. The van der Waals surface area contributed by atoms with Gasteiger partial charge in [-0.2, -0.15) is 0 Å². The van der Waals surface area contributed by atoms with Crippen molar-refractivity contribution in [1.29, 1.82) is 0 Å². The van der Waals surface area contributed by atoms with Crippen molar-refractivity contribution < 1.29 is 4.79 Å². The van der Waals surface area contributed by atoms with E-state index < -0.39 is 0 Å². The lowest BCUT2D eigenvalue weighted by molar-refractivity contribution is -0.129. The third kappa shape index (κ3) is 3.85. The Labute approximate surface area is 135 Å². The highest BCUT2D eigenvalue weighted by molar-refractivity contribution is 8.00. The average Bonchev–Trinajstić information content (AvgIpc) is 2.52. The van der Waals surface area contributed by atoms with Gasteiger partial charge < -0.3 is 4.90 Å². The van der Waals surface area contributed by atoms with Crippen LogP contribution >= 0.6 is 11.8 Å². The van der Waals surface area contributed by atoms with Crippen molar-refractivity contribution in [3.05, 3.63) is 42.7 Å². The van der Waals surface area contributed by atoms with Gasteiger partial charge in [0.15, 0.2) is 0 Å². The smallest absolute Gasteiger partial charge is 0.236 e. The molecule has 1 aromatic carbocycles. The molecule has 1 amide bonds. The largest absolute Gasteiger partial charge is 0.338 e. The maximum Gasteiger partial charge on any atom is 0.236 e. The van der Waals surface area contributed by atoms with Crippen LogP contribution in [0.1, 0.15) is 20.8 Å². The number of hydrogen-bond acceptors (Lipinski definition) is 4. The molecule has 2 rings (SSSR count). The van der Waals surface area contributed by atoms with Gasteiger partial charge in [0.05, 0.1) is 10.8 Å². The molecule has 0 bridgehead atoms. The van der Waals surface area contributed by atoms with E-state index >= 15 is 0 Å². The summed E-state index contributed by atoms with van der Waals surface area (Å²) < 4.78 is 0. The van der Waals surface area contributed by atoms with Gasteiger partial charge in [0.2, 0.25) is 5.91 Å². The second-order valence-electron chi connectivity index (χ2n) is 5.27. The molecule has 0 spiro atoms. The summed E-state index contributed by atoms with van der Waals surface area (Å²) in [6.45, 7) is 11.0. The molecular weight excluding hydrogens is 294 g/mol. The SMILES string of the molecule is C=C(C)CN(CC)C(=O)C(C)Sc1ncnc2ccccc12. The third-order valence-corrected chi connectivity index (χ3v) is 4.40. The van der Waals surface area contributed by atoms with Crippen LogP contribution in [0.3, 0.4) is 0 Å². The van der Waals surface area contributed by atoms with Gasteiger partial charge >= 0.3 is 0 Å². The van der Waals surface area contributed by atoms with Crippen LogP contribution in [0.2, 0.25) is 0 Å². The van der Waals surface area contributed by atoms with E-state index in [9.17, 15) is 4.79 Å². The average molecular weight is 315 g/mol. The fourth-order valence-electron chi connectivity index (χ4n) is 2.22. The summed E-state index contributed by atoms with van der Waals surface area (Å²) in [4.78, 5) is 23.0. The quantitative estimate of drug-likeness (QED) is 0.465. The Balaban J connectivity index is 2.18. The second kappa shape index (κ2) is 7.40. The van der Waals surface area contributed by atoms with Crippen molar-refractivity contribution in [2.75, 3.05) is 13.1 Å². The minimum atomic E-state index is -0.197. The molecule has 0 N–H and O–H groups in total. The molecule has 2 aromatic rings. The summed E-state index contributed by atoms with van der Waals surface area (Å²) in [6.07, 6.45) is 1.55. The van der Waals surface area contributed by atoms with Crippen LogP contribution < -0.4 is 0 Å². The van der Waals surface area contributed by atoms with E-state index in [0.29, 0.717) is 13.1 Å². The van der Waals surface area contributed by atoms with E-state index in [-0.39, 0.29) is 11.2 Å². The molecule has 0 saturated carbocycles. The fraction of sp³-hybridized carbons (Fsp3) is 0.353. The van der Waals surface area contributed by atoms with E-state index in [1.807, 2.05) is 49.9 Å². The van der Waals surface area contributed by atoms with Crippen LogP contribution in [-0.2, 0) is 4.79 Å². The predicted octanol–water partition coefficient (Wildman–Crippen LogP) is 3.54. The molecule has 5 heteroatoms. The highest BCUT2D eigenvalue weighted by atomic mass is 32.2. The lowest BCUT2D eigenvalue weighted by Crippen LogP contribution is -2.37. The summed E-state index contributed by atoms with van der Waals surface area (Å²) >= 11 is 1.48. The third-order valence-electron chi connectivity index (χ3n) is 3.30. The molecule has 0 saturated heterocycles. The molecule has 22 heavy (non-hydrogen) atoms. The number of carbonyl (C=O) groups excluding carboxylic acids is 1. The van der Waals surface area contributed by atoms with Crippen molar-refractivity contribution >= 4 is 28.6 Å². The van der Waals surface area contributed by atoms with Gasteiger partial charge in [-0.15, -0.1) is 0 Å². The molecule has 0 aliphatic rings. The number of fused-ring (bicyclic) bond motifs is 1. The molecule has 4 nitrogen and oxygen atoms in total. The summed E-state index contributed by atoms with van der Waals surface area (Å²) in [5.41, 5.74) is 1.88. The number of rotatable bonds is 6. The van der Waals surface area contributed by atoms with Crippen molar-refractivity contribution in [2.24, 2.45) is 0 Å². The number of thioether (sulfide) groups is 1. The zero-order chi connectivity index (χ0) is 16.1. The van der Waals surface area contributed by atoms with Crippen LogP contribution in [0.15, 0.2) is 47.8 Å². The zero-order valence-electron chi connectivity index (χ0n) is 13.2. The normalized spacial score (nSPS) is 12.1. The Morgan fingerprint density at radius 1 is 1.36 bits per heavy atom. The molecule has 0 aliphatic carbocycles. The molecule has 1 atom stereocenters. The topological polar surface area (TPSA) is 46.1 Å². The number of carbonyl (C=O) groups is 1. The number of hydrogen-bond donors (Lipinski definition) is 0. The molecule has 1 unspecified atom stereocenters. The highest BCUT2D eigenvalue weighted by Gasteiger charge is 2.21. The van der Waals surface area contributed by atoms with Gasteiger partial charge in [0, 0.05) is 18.5 Å². The Kier molecular flexibility index (Phi) is 5.55. The van der Waals surface area contributed by atoms with Gasteiger partial charge in [-0.05, 0) is 26.8 Å². The van der Waals surface area contributed by atoms with E-state index in [2.05, 4.69) is 16.5 Å². The van der Waals surface area contributed by atoms with Crippen LogP contribution in [-0.4, -0.2) is 39.1 Å². The first-order valence-corrected chi connectivity index (χ1v) is 8.20. The number of benzene rings is 1. The lowest BCUT2D eigenvalue weighted by Gasteiger charge is -2.24. The number of amides is 1. The van der Waals surface area contributed by atoms with Crippen molar-refractivity contribution in [3.8, 4) is 0 Å². The van der Waals surface area contributed by atoms with Gasteiger partial charge in [-0.25, -0.2) is 9.97 Å². The number of aromatic nitrogens is 2. The van der Waals surface area contributed by atoms with E-state index in [1.54, 1.807) is 6.33 Å². The van der Waals surface area contributed by atoms with Crippen LogP contribution in [0, 0.1) is 0 Å². The molecule has 0 radical (unpaired) electrons. The Hall–Kier alpha value is -1.88. The first-order valence-electron chi connectivity index (χ1n) is 7.32. The maximum atomic E-state index is 12.6. The first-order chi connectivity index (χ1) is 10.5. The maximum absolute atomic E-state index is 12.6. The van der Waals surface area contributed by atoms with E-state index in [1.165, 1.54) is 11.8 Å². The van der Waals surface area contributed by atoms with Gasteiger partial charge in [0.25, 0.3) is 0 Å². The van der Waals surface area contributed by atoms with Crippen molar-refractivity contribution in [1.82, 2.24) is 14.9 Å². The molecular formula is C17H21N3OS. The second-order valence-corrected chi connectivity index (χ2v) is 6.60. The van der Waals surface area contributed by atoms with Gasteiger partial charge in [-0.1, -0.05) is 42.1 Å². The summed E-state index contributed by atoms with van der Waals surface area (Å²) in [7, 11) is 0. The monoisotopic (exact) mass is 315 g/mol. The van der Waals surface area contributed by atoms with Crippen molar-refractivity contribution in [3.63, 3.8) is 0 Å². The Bertz CT molecular complexity index is 681. The summed E-state index contributed by atoms with van der Waals surface area (Å²) in [5, 5.41) is 1.63. The van der Waals surface area contributed by atoms with Crippen LogP contribution in [0.25, 0.3) is 10.9 Å². The molecule has 0 fully saturated rings. The minimum absolute atomic E-state index is 0.109. The van der Waals surface area contributed by atoms with Crippen LogP contribution in [0.4, 0.5) is 0 Å². The number of nitrogens with zero attached hydrogens (tertiary/aromatic N) is 3. The molecule has 0 aliphatic heterocycles. The number of likely N-dealkylation sites (N-methyl/N-ethyl adjacent to an activating group) is 1. The zero-order valence-corrected chi connectivity index (χ0v) is 14.1.